The molecule has 1 heterocycles. The summed E-state index contributed by atoms with van der Waals surface area (Å²) >= 11 is 0. The number of nitrogens with zero attached hydrogens (tertiary/aromatic N) is 1. The highest BCUT2D eigenvalue weighted by Crippen LogP contribution is 2.20. The Morgan fingerprint density at radius 3 is 2.62 bits per heavy atom. The van der Waals surface area contributed by atoms with Crippen molar-refractivity contribution in [2.45, 2.75) is 26.8 Å². The maximum absolute atomic E-state index is 2.29. The van der Waals surface area contributed by atoms with Crippen molar-refractivity contribution in [2.75, 3.05) is 0 Å². The molecule has 0 fully saturated rings. The number of rotatable bonds is 3. The maximum atomic E-state index is 2.29. The molecule has 0 aromatic heterocycles. The number of benzene rings is 1. The van der Waals surface area contributed by atoms with E-state index < -0.39 is 0 Å². The Bertz CT molecular complexity index is 387. The van der Waals surface area contributed by atoms with Gasteiger partial charge < -0.3 is 4.90 Å². The van der Waals surface area contributed by atoms with Crippen LogP contribution in [0.1, 0.15) is 25.8 Å². The van der Waals surface area contributed by atoms with Gasteiger partial charge in [-0.3, -0.25) is 0 Å². The molecule has 2 rings (SSSR count). The van der Waals surface area contributed by atoms with E-state index in [0.29, 0.717) is 5.92 Å². The highest BCUT2D eigenvalue weighted by atomic mass is 15.1. The van der Waals surface area contributed by atoms with E-state index in [0.717, 1.165) is 13.0 Å². The second kappa shape index (κ2) is 5.02. The Labute approximate surface area is 98.1 Å². The highest BCUT2D eigenvalue weighted by molar-refractivity contribution is 5.19. The molecule has 0 radical (unpaired) electrons. The van der Waals surface area contributed by atoms with Crippen LogP contribution in [0.3, 0.4) is 0 Å². The lowest BCUT2D eigenvalue weighted by atomic mass is 9.99. The van der Waals surface area contributed by atoms with Gasteiger partial charge in [0.25, 0.3) is 0 Å². The molecular formula is C15H19N. The summed E-state index contributed by atoms with van der Waals surface area (Å²) in [7, 11) is 0. The fourth-order valence-electron chi connectivity index (χ4n) is 1.91. The smallest absolute Gasteiger partial charge is 0.0470 e. The molecule has 16 heavy (non-hydrogen) atoms. The molecule has 0 amide bonds. The molecule has 1 aliphatic rings. The van der Waals surface area contributed by atoms with Gasteiger partial charge in [-0.2, -0.15) is 0 Å². The van der Waals surface area contributed by atoms with E-state index in [4.69, 9.17) is 0 Å². The van der Waals surface area contributed by atoms with Crippen molar-refractivity contribution >= 4 is 0 Å². The lowest BCUT2D eigenvalue weighted by molar-refractivity contribution is 0.476. The van der Waals surface area contributed by atoms with E-state index in [1.807, 2.05) is 0 Å². The van der Waals surface area contributed by atoms with Gasteiger partial charge in [0.15, 0.2) is 0 Å². The molecule has 0 atom stereocenters. The molecule has 84 valence electrons. The number of hydrogen-bond acceptors (Lipinski definition) is 1. The zero-order valence-electron chi connectivity index (χ0n) is 10.1. The molecular weight excluding hydrogens is 194 g/mol. The van der Waals surface area contributed by atoms with Crippen LogP contribution >= 0.6 is 0 Å². The zero-order chi connectivity index (χ0) is 11.4. The van der Waals surface area contributed by atoms with Crippen LogP contribution < -0.4 is 0 Å². The van der Waals surface area contributed by atoms with Crippen LogP contribution in [-0.4, -0.2) is 4.90 Å². The molecule has 1 aromatic carbocycles. The Kier molecular flexibility index (Phi) is 3.45. The Balaban J connectivity index is 2.05. The summed E-state index contributed by atoms with van der Waals surface area (Å²) in [6.07, 6.45) is 7.82. The first-order valence-corrected chi connectivity index (χ1v) is 5.92. The monoisotopic (exact) mass is 213 g/mol. The first-order chi connectivity index (χ1) is 7.75. The van der Waals surface area contributed by atoms with Gasteiger partial charge >= 0.3 is 0 Å². The van der Waals surface area contributed by atoms with Crippen LogP contribution in [0.15, 0.2) is 54.4 Å². The van der Waals surface area contributed by atoms with Crippen molar-refractivity contribution in [1.29, 1.82) is 0 Å². The fourth-order valence-corrected chi connectivity index (χ4v) is 1.91. The average Bonchev–Trinajstić information content (AvgIpc) is 2.30. The van der Waals surface area contributed by atoms with E-state index in [-0.39, 0.29) is 0 Å². The molecule has 0 unspecified atom stereocenters. The quantitative estimate of drug-likeness (QED) is 0.735. The average molecular weight is 213 g/mol. The molecule has 1 aliphatic heterocycles. The summed E-state index contributed by atoms with van der Waals surface area (Å²) in [4.78, 5) is 2.27. The fraction of sp³-hybridized carbons (Fsp3) is 0.333. The summed E-state index contributed by atoms with van der Waals surface area (Å²) in [5.41, 5.74) is 2.87. The van der Waals surface area contributed by atoms with Crippen LogP contribution in [-0.2, 0) is 6.54 Å². The third kappa shape index (κ3) is 2.75. The minimum Gasteiger partial charge on any atom is -0.350 e. The molecule has 0 N–H and O–H groups in total. The summed E-state index contributed by atoms with van der Waals surface area (Å²) in [6, 6.07) is 10.6. The van der Waals surface area contributed by atoms with E-state index in [1.165, 1.54) is 11.1 Å². The van der Waals surface area contributed by atoms with E-state index >= 15 is 0 Å². The van der Waals surface area contributed by atoms with Crippen LogP contribution in [0, 0.1) is 5.92 Å². The molecule has 0 saturated carbocycles. The molecule has 0 bridgehead atoms. The minimum atomic E-state index is 0.642. The van der Waals surface area contributed by atoms with E-state index in [9.17, 15) is 0 Å². The first-order valence-electron chi connectivity index (χ1n) is 5.92. The van der Waals surface area contributed by atoms with Gasteiger partial charge in [0.05, 0.1) is 0 Å². The van der Waals surface area contributed by atoms with Crippen molar-refractivity contribution in [1.82, 2.24) is 4.90 Å². The summed E-state index contributed by atoms with van der Waals surface area (Å²) in [5.74, 6) is 0.642. The second-order valence-corrected chi connectivity index (χ2v) is 4.61. The standard InChI is InChI=1S/C15H19N/c1-13(2)15-9-6-10-16(12-15)11-14-7-4-3-5-8-14/h3-8,10,12-13H,9,11H2,1-2H3. The summed E-state index contributed by atoms with van der Waals surface area (Å²) in [5, 5.41) is 0. The predicted molar refractivity (Wildman–Crippen MR) is 68.7 cm³/mol. The van der Waals surface area contributed by atoms with Gasteiger partial charge in [0.2, 0.25) is 0 Å². The maximum Gasteiger partial charge on any atom is 0.0470 e. The van der Waals surface area contributed by atoms with Crippen LogP contribution in [0.4, 0.5) is 0 Å². The molecule has 0 spiro atoms. The van der Waals surface area contributed by atoms with Crippen LogP contribution in [0.2, 0.25) is 0 Å². The van der Waals surface area contributed by atoms with E-state index in [1.54, 1.807) is 0 Å². The highest BCUT2D eigenvalue weighted by Gasteiger charge is 2.08. The summed E-state index contributed by atoms with van der Waals surface area (Å²) in [6.45, 7) is 5.48. The van der Waals surface area contributed by atoms with Gasteiger partial charge in [-0.1, -0.05) is 50.3 Å². The van der Waals surface area contributed by atoms with Crippen molar-refractivity contribution in [3.63, 3.8) is 0 Å². The Morgan fingerprint density at radius 2 is 1.94 bits per heavy atom. The van der Waals surface area contributed by atoms with Gasteiger partial charge in [-0.15, -0.1) is 0 Å². The topological polar surface area (TPSA) is 3.24 Å². The van der Waals surface area contributed by atoms with Crippen molar-refractivity contribution in [3.05, 3.63) is 59.9 Å². The molecule has 0 aliphatic carbocycles. The van der Waals surface area contributed by atoms with E-state index in [2.05, 4.69) is 67.6 Å². The SMILES string of the molecule is CC(C)C1=CN(Cc2ccccc2)C=CC1. The molecule has 0 saturated heterocycles. The lowest BCUT2D eigenvalue weighted by Gasteiger charge is -2.23. The Hall–Kier alpha value is -1.50. The van der Waals surface area contributed by atoms with Crippen molar-refractivity contribution in [2.24, 2.45) is 5.92 Å². The lowest BCUT2D eigenvalue weighted by Crippen LogP contribution is -2.14. The third-order valence-corrected chi connectivity index (χ3v) is 2.93. The largest absolute Gasteiger partial charge is 0.350 e. The first kappa shape index (κ1) is 11.0. The molecule has 1 nitrogen and oxygen atoms in total. The Morgan fingerprint density at radius 1 is 1.19 bits per heavy atom. The number of allylic oxidation sites excluding steroid dienone is 2. The molecule has 1 heteroatoms. The van der Waals surface area contributed by atoms with Gasteiger partial charge in [-0.25, -0.2) is 0 Å². The van der Waals surface area contributed by atoms with Crippen LogP contribution in [0.25, 0.3) is 0 Å². The van der Waals surface area contributed by atoms with Crippen molar-refractivity contribution in [3.8, 4) is 0 Å². The predicted octanol–water partition coefficient (Wildman–Crippen LogP) is 3.95. The van der Waals surface area contributed by atoms with Gasteiger partial charge in [0.1, 0.15) is 0 Å². The number of hydrogen-bond donors (Lipinski definition) is 0. The second-order valence-electron chi connectivity index (χ2n) is 4.61. The molecule has 1 aromatic rings. The van der Waals surface area contributed by atoms with Gasteiger partial charge in [0, 0.05) is 18.9 Å². The third-order valence-electron chi connectivity index (χ3n) is 2.93. The minimum absolute atomic E-state index is 0.642. The summed E-state index contributed by atoms with van der Waals surface area (Å²) < 4.78 is 0. The normalized spacial score (nSPS) is 15.4. The zero-order valence-corrected chi connectivity index (χ0v) is 10.1. The van der Waals surface area contributed by atoms with Gasteiger partial charge in [-0.05, 0) is 23.5 Å². The van der Waals surface area contributed by atoms with Crippen molar-refractivity contribution < 1.29 is 0 Å². The van der Waals surface area contributed by atoms with Crippen LogP contribution in [0.5, 0.6) is 0 Å².